The second-order valence-electron chi connectivity index (χ2n) is 4.00. The summed E-state index contributed by atoms with van der Waals surface area (Å²) in [4.78, 5) is 4.25. The molecule has 0 saturated carbocycles. The van der Waals surface area contributed by atoms with Crippen molar-refractivity contribution in [2.45, 2.75) is 25.9 Å². The number of nitrogens with zero attached hydrogens (tertiary/aromatic N) is 1. The number of hydrogen-bond donors (Lipinski definition) is 1. The number of ether oxygens (including phenoxy) is 3. The summed E-state index contributed by atoms with van der Waals surface area (Å²) in [6, 6.07) is 3.51. The van der Waals surface area contributed by atoms with Crippen LogP contribution in [-0.2, 0) is 4.74 Å². The fraction of sp³-hybridized carbons (Fsp3) is 0.583. The third-order valence-corrected chi connectivity index (χ3v) is 2.48. The fourth-order valence-electron chi connectivity index (χ4n) is 1.59. The minimum atomic E-state index is 0.0881. The molecule has 1 saturated heterocycles. The van der Waals surface area contributed by atoms with E-state index in [1.165, 1.54) is 0 Å². The Morgan fingerprint density at radius 1 is 1.53 bits per heavy atom. The van der Waals surface area contributed by atoms with E-state index in [-0.39, 0.29) is 6.10 Å². The number of aromatic nitrogens is 1. The Morgan fingerprint density at radius 3 is 3.12 bits per heavy atom. The monoisotopic (exact) mass is 238 g/mol. The Kier molecular flexibility index (Phi) is 4.03. The van der Waals surface area contributed by atoms with Crippen LogP contribution >= 0.6 is 0 Å². The van der Waals surface area contributed by atoms with Gasteiger partial charge in [0.25, 0.3) is 0 Å². The zero-order chi connectivity index (χ0) is 12.1. The van der Waals surface area contributed by atoms with Crippen molar-refractivity contribution in [2.24, 2.45) is 0 Å². The van der Waals surface area contributed by atoms with Crippen LogP contribution in [0.15, 0.2) is 12.1 Å². The maximum Gasteiger partial charge on any atom is 0.240 e. The summed E-state index contributed by atoms with van der Waals surface area (Å²) in [5, 5.41) is 0. The summed E-state index contributed by atoms with van der Waals surface area (Å²) in [7, 11) is 0. The van der Waals surface area contributed by atoms with E-state index in [4.69, 9.17) is 19.9 Å². The van der Waals surface area contributed by atoms with E-state index >= 15 is 0 Å². The van der Waals surface area contributed by atoms with Gasteiger partial charge in [-0.2, -0.15) is 4.98 Å². The fourth-order valence-corrected chi connectivity index (χ4v) is 1.59. The van der Waals surface area contributed by atoms with Crippen LogP contribution in [0.5, 0.6) is 11.8 Å². The molecule has 0 aromatic carbocycles. The zero-order valence-corrected chi connectivity index (χ0v) is 10.0. The van der Waals surface area contributed by atoms with Crippen molar-refractivity contribution in [1.29, 1.82) is 0 Å². The summed E-state index contributed by atoms with van der Waals surface area (Å²) in [6.45, 7) is 4.01. The smallest absolute Gasteiger partial charge is 0.240 e. The van der Waals surface area contributed by atoms with Crippen LogP contribution in [0.1, 0.15) is 19.8 Å². The molecule has 1 atom stereocenters. The van der Waals surface area contributed by atoms with E-state index in [9.17, 15) is 0 Å². The second kappa shape index (κ2) is 5.72. The van der Waals surface area contributed by atoms with Crippen molar-refractivity contribution in [1.82, 2.24) is 4.98 Å². The number of pyridine rings is 1. The molecule has 0 spiro atoms. The molecule has 1 aliphatic heterocycles. The zero-order valence-electron chi connectivity index (χ0n) is 10.0. The lowest BCUT2D eigenvalue weighted by molar-refractivity contribution is 0.137. The van der Waals surface area contributed by atoms with Crippen molar-refractivity contribution in [3.05, 3.63) is 12.1 Å². The largest absolute Gasteiger partial charge is 0.476 e. The van der Waals surface area contributed by atoms with Gasteiger partial charge in [0, 0.05) is 12.5 Å². The lowest BCUT2D eigenvalue weighted by Crippen LogP contribution is -2.16. The van der Waals surface area contributed by atoms with Gasteiger partial charge in [-0.15, -0.1) is 0 Å². The van der Waals surface area contributed by atoms with E-state index in [0.29, 0.717) is 30.7 Å². The van der Waals surface area contributed by atoms with Crippen LogP contribution in [0.25, 0.3) is 0 Å². The third kappa shape index (κ3) is 3.23. The molecule has 1 aromatic rings. The van der Waals surface area contributed by atoms with E-state index in [1.807, 2.05) is 6.92 Å². The Balaban J connectivity index is 2.01. The van der Waals surface area contributed by atoms with E-state index in [2.05, 4.69) is 4.98 Å². The van der Waals surface area contributed by atoms with Gasteiger partial charge >= 0.3 is 0 Å². The first-order valence-corrected chi connectivity index (χ1v) is 5.93. The molecule has 0 amide bonds. The molecule has 2 heterocycles. The molecule has 2 N–H and O–H groups in total. The van der Waals surface area contributed by atoms with Gasteiger partial charge in [0.15, 0.2) is 0 Å². The van der Waals surface area contributed by atoms with E-state index < -0.39 is 0 Å². The molecule has 1 aliphatic rings. The highest BCUT2D eigenvalue weighted by Gasteiger charge is 2.18. The van der Waals surface area contributed by atoms with Crippen LogP contribution in [0.2, 0.25) is 0 Å². The molecular weight excluding hydrogens is 220 g/mol. The first-order chi connectivity index (χ1) is 8.29. The number of anilines is 1. The Morgan fingerprint density at radius 2 is 2.41 bits per heavy atom. The van der Waals surface area contributed by atoms with Crippen molar-refractivity contribution < 1.29 is 14.2 Å². The lowest BCUT2D eigenvalue weighted by Gasteiger charge is -2.13. The molecule has 2 rings (SSSR count). The van der Waals surface area contributed by atoms with Gasteiger partial charge in [-0.1, -0.05) is 6.92 Å². The third-order valence-electron chi connectivity index (χ3n) is 2.48. The van der Waals surface area contributed by atoms with Gasteiger partial charge < -0.3 is 19.9 Å². The molecule has 0 radical (unpaired) electrons. The molecule has 0 aliphatic carbocycles. The standard InChI is InChI=1S/C12H18N2O3/c1-2-6-16-12-10(13)3-4-11(14-12)17-9-5-7-15-8-9/h3-4,9H,2,5-8,13H2,1H3. The second-order valence-corrected chi connectivity index (χ2v) is 4.00. The van der Waals surface area contributed by atoms with Crippen LogP contribution in [0.4, 0.5) is 5.69 Å². The molecule has 1 aromatic heterocycles. The Labute approximate surface area is 101 Å². The summed E-state index contributed by atoms with van der Waals surface area (Å²) in [5.41, 5.74) is 6.31. The van der Waals surface area contributed by atoms with Gasteiger partial charge in [-0.25, -0.2) is 0 Å². The van der Waals surface area contributed by atoms with Crippen LogP contribution in [-0.4, -0.2) is 30.9 Å². The molecule has 0 bridgehead atoms. The van der Waals surface area contributed by atoms with E-state index in [0.717, 1.165) is 19.4 Å². The Hall–Kier alpha value is -1.49. The first kappa shape index (κ1) is 12.0. The molecule has 5 nitrogen and oxygen atoms in total. The molecule has 1 unspecified atom stereocenters. The SMILES string of the molecule is CCCOc1nc(OC2CCOC2)ccc1N. The van der Waals surface area contributed by atoms with Gasteiger partial charge in [0.2, 0.25) is 11.8 Å². The molecule has 17 heavy (non-hydrogen) atoms. The van der Waals surface area contributed by atoms with Gasteiger partial charge in [-0.05, 0) is 12.5 Å². The predicted octanol–water partition coefficient (Wildman–Crippen LogP) is 1.62. The van der Waals surface area contributed by atoms with Gasteiger partial charge in [-0.3, -0.25) is 0 Å². The molecule has 5 heteroatoms. The van der Waals surface area contributed by atoms with Crippen molar-refractivity contribution in [3.63, 3.8) is 0 Å². The average molecular weight is 238 g/mol. The summed E-state index contributed by atoms with van der Waals surface area (Å²) in [6.07, 6.45) is 1.91. The highest BCUT2D eigenvalue weighted by molar-refractivity contribution is 5.49. The highest BCUT2D eigenvalue weighted by atomic mass is 16.6. The normalized spacial score (nSPS) is 19.2. The van der Waals surface area contributed by atoms with Crippen LogP contribution in [0.3, 0.4) is 0 Å². The highest BCUT2D eigenvalue weighted by Crippen LogP contribution is 2.23. The quantitative estimate of drug-likeness (QED) is 0.844. The number of hydrogen-bond acceptors (Lipinski definition) is 5. The molecular formula is C12H18N2O3. The minimum Gasteiger partial charge on any atom is -0.476 e. The van der Waals surface area contributed by atoms with Crippen LogP contribution in [0, 0.1) is 0 Å². The van der Waals surface area contributed by atoms with Crippen LogP contribution < -0.4 is 15.2 Å². The van der Waals surface area contributed by atoms with Crippen molar-refractivity contribution in [2.75, 3.05) is 25.6 Å². The molecule has 1 fully saturated rings. The van der Waals surface area contributed by atoms with Crippen molar-refractivity contribution >= 4 is 5.69 Å². The predicted molar refractivity (Wildman–Crippen MR) is 64.3 cm³/mol. The summed E-state index contributed by atoms with van der Waals surface area (Å²) in [5.74, 6) is 0.990. The van der Waals surface area contributed by atoms with Gasteiger partial charge in [0.05, 0.1) is 25.5 Å². The minimum absolute atomic E-state index is 0.0881. The summed E-state index contributed by atoms with van der Waals surface area (Å²) < 4.78 is 16.4. The van der Waals surface area contributed by atoms with Crippen molar-refractivity contribution in [3.8, 4) is 11.8 Å². The maximum absolute atomic E-state index is 5.77. The Bertz CT molecular complexity index is 365. The number of nitrogen functional groups attached to an aromatic ring is 1. The number of rotatable bonds is 5. The maximum atomic E-state index is 5.77. The lowest BCUT2D eigenvalue weighted by atomic mass is 10.3. The van der Waals surface area contributed by atoms with Gasteiger partial charge in [0.1, 0.15) is 6.10 Å². The summed E-state index contributed by atoms with van der Waals surface area (Å²) >= 11 is 0. The molecule has 94 valence electrons. The average Bonchev–Trinajstić information content (AvgIpc) is 2.82. The number of nitrogens with two attached hydrogens (primary N) is 1. The topological polar surface area (TPSA) is 66.6 Å². The van der Waals surface area contributed by atoms with E-state index in [1.54, 1.807) is 12.1 Å². The first-order valence-electron chi connectivity index (χ1n) is 5.93.